The van der Waals surface area contributed by atoms with Gasteiger partial charge in [-0.05, 0) is 19.8 Å². The second-order valence-corrected chi connectivity index (χ2v) is 4.67. The van der Waals surface area contributed by atoms with Crippen molar-refractivity contribution in [2.75, 3.05) is 0 Å². The minimum atomic E-state index is -0.419. The Morgan fingerprint density at radius 2 is 2.33 bits per heavy atom. The predicted octanol–water partition coefficient (Wildman–Crippen LogP) is 2.25. The van der Waals surface area contributed by atoms with E-state index >= 15 is 0 Å². The smallest absolute Gasteiger partial charge is 0.0988 e. The molecule has 0 saturated heterocycles. The van der Waals surface area contributed by atoms with Crippen LogP contribution in [0, 0.1) is 0 Å². The van der Waals surface area contributed by atoms with Crippen molar-refractivity contribution in [3.05, 3.63) is 16.1 Å². The summed E-state index contributed by atoms with van der Waals surface area (Å²) in [5.41, 5.74) is 1.17. The monoisotopic (exact) mass is 183 g/mol. The number of aliphatic hydroxyl groups excluding tert-OH is 1. The number of hydrogen-bond acceptors (Lipinski definition) is 3. The van der Waals surface area contributed by atoms with Gasteiger partial charge in [0.15, 0.2) is 0 Å². The van der Waals surface area contributed by atoms with E-state index in [1.807, 2.05) is 5.38 Å². The molecule has 1 aliphatic rings. The van der Waals surface area contributed by atoms with Crippen LogP contribution in [0.15, 0.2) is 5.38 Å². The van der Waals surface area contributed by atoms with E-state index in [1.54, 1.807) is 18.3 Å². The SMILES string of the molecule is CC(O)c1csc(C2(C)CC2)n1. The lowest BCUT2D eigenvalue weighted by molar-refractivity contribution is 0.195. The van der Waals surface area contributed by atoms with Gasteiger partial charge in [-0.25, -0.2) is 4.98 Å². The van der Waals surface area contributed by atoms with Crippen LogP contribution >= 0.6 is 11.3 Å². The maximum atomic E-state index is 9.27. The van der Waals surface area contributed by atoms with E-state index in [9.17, 15) is 5.11 Å². The van der Waals surface area contributed by atoms with Gasteiger partial charge in [0.2, 0.25) is 0 Å². The van der Waals surface area contributed by atoms with E-state index in [1.165, 1.54) is 17.8 Å². The van der Waals surface area contributed by atoms with Crippen LogP contribution < -0.4 is 0 Å². The Morgan fingerprint density at radius 3 is 2.75 bits per heavy atom. The summed E-state index contributed by atoms with van der Waals surface area (Å²) in [5.74, 6) is 0. The zero-order chi connectivity index (χ0) is 8.77. The second-order valence-electron chi connectivity index (χ2n) is 3.81. The van der Waals surface area contributed by atoms with Crippen molar-refractivity contribution in [3.8, 4) is 0 Å². The quantitative estimate of drug-likeness (QED) is 0.762. The zero-order valence-corrected chi connectivity index (χ0v) is 8.19. The molecule has 3 heteroatoms. The maximum Gasteiger partial charge on any atom is 0.0988 e. The Kier molecular flexibility index (Phi) is 1.73. The molecule has 0 spiro atoms. The third-order valence-corrected chi connectivity index (χ3v) is 3.63. The van der Waals surface area contributed by atoms with Crippen molar-refractivity contribution in [3.63, 3.8) is 0 Å². The predicted molar refractivity (Wildman–Crippen MR) is 49.3 cm³/mol. The number of aromatic nitrogens is 1. The van der Waals surface area contributed by atoms with Crippen LogP contribution in [0.3, 0.4) is 0 Å². The average Bonchev–Trinajstić information content (AvgIpc) is 2.61. The normalized spacial score (nSPS) is 22.2. The van der Waals surface area contributed by atoms with Crippen LogP contribution in [0.2, 0.25) is 0 Å². The van der Waals surface area contributed by atoms with Crippen LogP contribution in [0.25, 0.3) is 0 Å². The van der Waals surface area contributed by atoms with Crippen LogP contribution in [0.4, 0.5) is 0 Å². The molecule has 1 heterocycles. The molecular weight excluding hydrogens is 170 g/mol. The van der Waals surface area contributed by atoms with Gasteiger partial charge in [0, 0.05) is 10.8 Å². The van der Waals surface area contributed by atoms with Gasteiger partial charge in [-0.2, -0.15) is 0 Å². The summed E-state index contributed by atoms with van der Waals surface area (Å²) in [5, 5.41) is 12.4. The molecule has 1 aromatic rings. The Balaban J connectivity index is 2.25. The standard InChI is InChI=1S/C9H13NOS/c1-6(11)7-5-12-8(10-7)9(2)3-4-9/h5-6,11H,3-4H2,1-2H3. The maximum absolute atomic E-state index is 9.27. The zero-order valence-electron chi connectivity index (χ0n) is 7.37. The average molecular weight is 183 g/mol. The summed E-state index contributed by atoms with van der Waals surface area (Å²) >= 11 is 1.68. The van der Waals surface area contributed by atoms with Gasteiger partial charge in [0.05, 0.1) is 16.8 Å². The lowest BCUT2D eigenvalue weighted by atomic mass is 10.2. The molecule has 66 valence electrons. The Bertz CT molecular complexity index is 288. The number of thiazole rings is 1. The minimum Gasteiger partial charge on any atom is -0.387 e. The summed E-state index contributed by atoms with van der Waals surface area (Å²) < 4.78 is 0. The lowest BCUT2D eigenvalue weighted by Gasteiger charge is -2.01. The fraction of sp³-hybridized carbons (Fsp3) is 0.667. The Labute approximate surface area is 76.3 Å². The van der Waals surface area contributed by atoms with Gasteiger partial charge in [0.25, 0.3) is 0 Å². The largest absolute Gasteiger partial charge is 0.387 e. The number of rotatable bonds is 2. The summed E-state index contributed by atoms with van der Waals surface area (Å²) in [6.45, 7) is 3.99. The summed E-state index contributed by atoms with van der Waals surface area (Å²) in [6.07, 6.45) is 2.08. The first-order chi connectivity index (χ1) is 5.62. The molecule has 1 fully saturated rings. The molecule has 0 amide bonds. The van der Waals surface area contributed by atoms with Gasteiger partial charge in [-0.3, -0.25) is 0 Å². The molecule has 1 aromatic heterocycles. The van der Waals surface area contributed by atoms with Gasteiger partial charge in [-0.1, -0.05) is 6.92 Å². The van der Waals surface area contributed by atoms with Gasteiger partial charge in [-0.15, -0.1) is 11.3 Å². The van der Waals surface area contributed by atoms with Crippen LogP contribution in [-0.2, 0) is 5.41 Å². The topological polar surface area (TPSA) is 33.1 Å². The summed E-state index contributed by atoms with van der Waals surface area (Å²) in [7, 11) is 0. The molecule has 1 N–H and O–H groups in total. The van der Waals surface area contributed by atoms with Crippen LogP contribution in [0.1, 0.15) is 43.5 Å². The molecule has 12 heavy (non-hydrogen) atoms. The molecule has 2 nitrogen and oxygen atoms in total. The molecule has 1 atom stereocenters. The number of aliphatic hydroxyl groups is 1. The van der Waals surface area contributed by atoms with Crippen molar-refractivity contribution in [2.24, 2.45) is 0 Å². The van der Waals surface area contributed by atoms with Gasteiger partial charge in [0.1, 0.15) is 0 Å². The van der Waals surface area contributed by atoms with Crippen molar-refractivity contribution in [1.82, 2.24) is 4.98 Å². The lowest BCUT2D eigenvalue weighted by Crippen LogP contribution is -2.00. The van der Waals surface area contributed by atoms with E-state index in [4.69, 9.17) is 0 Å². The summed E-state index contributed by atoms with van der Waals surface area (Å²) in [4.78, 5) is 4.41. The minimum absolute atomic E-state index is 0.345. The molecule has 0 aliphatic heterocycles. The molecule has 1 saturated carbocycles. The van der Waals surface area contributed by atoms with Crippen LogP contribution in [-0.4, -0.2) is 10.1 Å². The van der Waals surface area contributed by atoms with Crippen molar-refractivity contribution >= 4 is 11.3 Å². The van der Waals surface area contributed by atoms with Gasteiger partial charge < -0.3 is 5.11 Å². The molecular formula is C9H13NOS. The molecule has 1 aliphatic carbocycles. The molecule has 0 bridgehead atoms. The van der Waals surface area contributed by atoms with Gasteiger partial charge >= 0.3 is 0 Å². The van der Waals surface area contributed by atoms with Crippen LogP contribution in [0.5, 0.6) is 0 Å². The van der Waals surface area contributed by atoms with E-state index in [2.05, 4.69) is 11.9 Å². The van der Waals surface area contributed by atoms with E-state index < -0.39 is 6.10 Å². The second kappa shape index (κ2) is 2.54. The first kappa shape index (κ1) is 8.20. The Hall–Kier alpha value is -0.410. The first-order valence-electron chi connectivity index (χ1n) is 4.26. The fourth-order valence-corrected chi connectivity index (χ4v) is 2.29. The third-order valence-electron chi connectivity index (χ3n) is 2.47. The highest BCUT2D eigenvalue weighted by Gasteiger charge is 2.41. The highest BCUT2D eigenvalue weighted by Crippen LogP contribution is 2.48. The van der Waals surface area contributed by atoms with E-state index in [-0.39, 0.29) is 0 Å². The van der Waals surface area contributed by atoms with E-state index in [0.717, 1.165) is 5.69 Å². The third kappa shape index (κ3) is 1.27. The molecule has 0 aromatic carbocycles. The fourth-order valence-electron chi connectivity index (χ4n) is 1.16. The van der Waals surface area contributed by atoms with Crippen molar-refractivity contribution in [1.29, 1.82) is 0 Å². The highest BCUT2D eigenvalue weighted by atomic mass is 32.1. The van der Waals surface area contributed by atoms with E-state index in [0.29, 0.717) is 5.41 Å². The first-order valence-corrected chi connectivity index (χ1v) is 5.14. The van der Waals surface area contributed by atoms with Crippen molar-refractivity contribution in [2.45, 2.75) is 38.2 Å². The Morgan fingerprint density at radius 1 is 1.67 bits per heavy atom. The molecule has 0 radical (unpaired) electrons. The summed E-state index contributed by atoms with van der Waals surface area (Å²) in [6, 6.07) is 0. The molecule has 1 unspecified atom stereocenters. The highest BCUT2D eigenvalue weighted by molar-refractivity contribution is 7.09. The molecule has 2 rings (SSSR count). The van der Waals surface area contributed by atoms with Crippen molar-refractivity contribution < 1.29 is 5.11 Å². The number of nitrogens with zero attached hydrogens (tertiary/aromatic N) is 1. The number of hydrogen-bond donors (Lipinski definition) is 1.